The molecule has 0 spiro atoms. The van der Waals surface area contributed by atoms with Crippen molar-refractivity contribution >= 4 is 17.1 Å². The van der Waals surface area contributed by atoms with Crippen LogP contribution in [0.3, 0.4) is 0 Å². The van der Waals surface area contributed by atoms with Crippen molar-refractivity contribution in [2.45, 2.75) is 0 Å². The van der Waals surface area contributed by atoms with Crippen molar-refractivity contribution in [3.63, 3.8) is 0 Å². The van der Waals surface area contributed by atoms with Crippen LogP contribution in [0.5, 0.6) is 5.75 Å². The fourth-order valence-corrected chi connectivity index (χ4v) is 2.33. The van der Waals surface area contributed by atoms with Gasteiger partial charge in [-0.1, -0.05) is 30.3 Å². The Morgan fingerprint density at radius 1 is 1.00 bits per heavy atom. The van der Waals surface area contributed by atoms with Gasteiger partial charge in [0.1, 0.15) is 17.1 Å². The van der Waals surface area contributed by atoms with E-state index in [1.807, 2.05) is 42.5 Å². The zero-order valence-corrected chi connectivity index (χ0v) is 11.9. The molecule has 0 unspecified atom stereocenters. The van der Waals surface area contributed by atoms with Crippen molar-refractivity contribution in [2.75, 3.05) is 18.2 Å². The molecule has 3 aromatic rings. The van der Waals surface area contributed by atoms with Gasteiger partial charge < -0.3 is 15.8 Å². The highest BCUT2D eigenvalue weighted by atomic mass is 16.5. The van der Waals surface area contributed by atoms with Crippen molar-refractivity contribution in [1.29, 1.82) is 0 Å². The molecule has 0 bridgehead atoms. The van der Waals surface area contributed by atoms with Crippen LogP contribution in [-0.4, -0.2) is 7.11 Å². The van der Waals surface area contributed by atoms with E-state index in [1.54, 1.807) is 13.2 Å². The number of methoxy groups -OCH3 is 1. The second-order valence-electron chi connectivity index (χ2n) is 4.85. The lowest BCUT2D eigenvalue weighted by molar-refractivity contribution is 0.416. The Bertz CT molecular complexity index is 908. The van der Waals surface area contributed by atoms with E-state index in [0.717, 1.165) is 16.9 Å². The number of anilines is 3. The Kier molecular flexibility index (Phi) is 3.39. The maximum absolute atomic E-state index is 11.5. The van der Waals surface area contributed by atoms with Crippen LogP contribution in [0.2, 0.25) is 0 Å². The van der Waals surface area contributed by atoms with E-state index in [0.29, 0.717) is 5.69 Å². The molecule has 22 heavy (non-hydrogen) atoms. The highest BCUT2D eigenvalue weighted by Crippen LogP contribution is 2.31. The third-order valence-corrected chi connectivity index (χ3v) is 3.50. The molecule has 5 nitrogen and oxygen atoms in total. The molecule has 0 saturated carbocycles. The summed E-state index contributed by atoms with van der Waals surface area (Å²) in [5, 5.41) is 2.90. The largest absolute Gasteiger partial charge is 0.496 e. The number of rotatable bonds is 4. The summed E-state index contributed by atoms with van der Waals surface area (Å²) < 4.78 is 5.35. The summed E-state index contributed by atoms with van der Waals surface area (Å²) in [5.74, 6) is 0.758. The molecule has 0 atom stereocenters. The van der Waals surface area contributed by atoms with Crippen molar-refractivity contribution in [1.82, 2.24) is 0 Å². The number of para-hydroxylation sites is 1. The standard InChI is InChI=1S/C17H14N2O3/c1-22-13-8-3-2-7-12(13)10-5-4-6-11(9-10)19-15-14(18)16(20)17(15)21/h2-9,19H,18H2,1H3. The van der Waals surface area contributed by atoms with Crippen LogP contribution in [0.1, 0.15) is 0 Å². The predicted octanol–water partition coefficient (Wildman–Crippen LogP) is 2.28. The second kappa shape index (κ2) is 5.37. The maximum Gasteiger partial charge on any atom is 0.253 e. The van der Waals surface area contributed by atoms with Gasteiger partial charge in [-0.3, -0.25) is 9.59 Å². The molecule has 3 N–H and O–H groups in total. The molecule has 0 aromatic heterocycles. The minimum Gasteiger partial charge on any atom is -0.496 e. The summed E-state index contributed by atoms with van der Waals surface area (Å²) in [6.07, 6.45) is 0. The number of benzene rings is 2. The smallest absolute Gasteiger partial charge is 0.253 e. The van der Waals surface area contributed by atoms with Gasteiger partial charge in [0.15, 0.2) is 0 Å². The zero-order valence-electron chi connectivity index (χ0n) is 11.9. The SMILES string of the molecule is COc1ccccc1-c1cccc(Nc2c(N)c(=O)c2=O)c1. The Morgan fingerprint density at radius 3 is 2.50 bits per heavy atom. The van der Waals surface area contributed by atoms with Crippen LogP contribution < -0.4 is 26.6 Å². The number of hydrogen-bond donors (Lipinski definition) is 2. The highest BCUT2D eigenvalue weighted by molar-refractivity contribution is 5.79. The van der Waals surface area contributed by atoms with Gasteiger partial charge in [0, 0.05) is 11.3 Å². The van der Waals surface area contributed by atoms with Crippen LogP contribution in [0.4, 0.5) is 17.1 Å². The maximum atomic E-state index is 11.5. The molecule has 5 heteroatoms. The molecule has 0 radical (unpaired) electrons. The van der Waals surface area contributed by atoms with Gasteiger partial charge in [-0.05, 0) is 23.8 Å². The number of hydrogen-bond acceptors (Lipinski definition) is 5. The topological polar surface area (TPSA) is 81.4 Å². The molecule has 0 saturated heterocycles. The van der Waals surface area contributed by atoms with Gasteiger partial charge in [-0.15, -0.1) is 0 Å². The van der Waals surface area contributed by atoms with Gasteiger partial charge in [-0.25, -0.2) is 0 Å². The van der Waals surface area contributed by atoms with Crippen molar-refractivity contribution in [3.05, 3.63) is 69.0 Å². The van der Waals surface area contributed by atoms with E-state index in [2.05, 4.69) is 5.32 Å². The summed E-state index contributed by atoms with van der Waals surface area (Å²) >= 11 is 0. The Morgan fingerprint density at radius 2 is 1.77 bits per heavy atom. The average Bonchev–Trinajstić information content (AvgIpc) is 2.58. The van der Waals surface area contributed by atoms with E-state index < -0.39 is 10.9 Å². The number of nitrogens with two attached hydrogens (primary N) is 1. The first-order valence-electron chi connectivity index (χ1n) is 6.71. The summed E-state index contributed by atoms with van der Waals surface area (Å²) in [6, 6.07) is 15.1. The van der Waals surface area contributed by atoms with Crippen molar-refractivity contribution < 1.29 is 4.74 Å². The first kappa shape index (κ1) is 13.9. The lowest BCUT2D eigenvalue weighted by Gasteiger charge is -2.12. The van der Waals surface area contributed by atoms with Crippen LogP contribution >= 0.6 is 0 Å². The lowest BCUT2D eigenvalue weighted by Crippen LogP contribution is -2.36. The van der Waals surface area contributed by atoms with E-state index in [-0.39, 0.29) is 11.4 Å². The highest BCUT2D eigenvalue weighted by Gasteiger charge is 2.18. The summed E-state index contributed by atoms with van der Waals surface area (Å²) in [4.78, 5) is 22.6. The molecule has 0 aliphatic carbocycles. The molecule has 0 fully saturated rings. The summed E-state index contributed by atoms with van der Waals surface area (Å²) in [5.41, 5.74) is 6.99. The number of nitrogens with one attached hydrogen (secondary N) is 1. The van der Waals surface area contributed by atoms with E-state index in [4.69, 9.17) is 10.5 Å². The molecular formula is C17H14N2O3. The van der Waals surface area contributed by atoms with Gasteiger partial charge >= 0.3 is 0 Å². The molecule has 110 valence electrons. The van der Waals surface area contributed by atoms with Crippen LogP contribution in [0.15, 0.2) is 58.1 Å². The monoisotopic (exact) mass is 294 g/mol. The molecule has 0 amide bonds. The normalized spacial score (nSPS) is 10.6. The quantitative estimate of drug-likeness (QED) is 0.721. The summed E-state index contributed by atoms with van der Waals surface area (Å²) in [6.45, 7) is 0. The first-order valence-corrected chi connectivity index (χ1v) is 6.71. The number of nitrogen functional groups attached to an aromatic ring is 1. The van der Waals surface area contributed by atoms with Crippen molar-refractivity contribution in [3.8, 4) is 16.9 Å². The van der Waals surface area contributed by atoms with Gasteiger partial charge in [-0.2, -0.15) is 0 Å². The Balaban J connectivity index is 1.97. The molecule has 3 aromatic carbocycles. The average molecular weight is 294 g/mol. The van der Waals surface area contributed by atoms with Gasteiger partial charge in [0.2, 0.25) is 0 Å². The van der Waals surface area contributed by atoms with Crippen LogP contribution in [0, 0.1) is 0 Å². The molecule has 0 aliphatic rings. The van der Waals surface area contributed by atoms with E-state index in [9.17, 15) is 9.59 Å². The second-order valence-corrected chi connectivity index (χ2v) is 4.85. The number of ether oxygens (including phenoxy) is 1. The summed E-state index contributed by atoms with van der Waals surface area (Å²) in [7, 11) is 1.62. The molecule has 0 heterocycles. The molecule has 0 aliphatic heterocycles. The third-order valence-electron chi connectivity index (χ3n) is 3.50. The molecule has 3 rings (SSSR count). The Labute approximate surface area is 126 Å². The first-order chi connectivity index (χ1) is 10.6. The van der Waals surface area contributed by atoms with Gasteiger partial charge in [0.25, 0.3) is 10.9 Å². The fraction of sp³-hybridized carbons (Fsp3) is 0.0588. The van der Waals surface area contributed by atoms with E-state index >= 15 is 0 Å². The van der Waals surface area contributed by atoms with Gasteiger partial charge in [0.05, 0.1) is 7.11 Å². The van der Waals surface area contributed by atoms with Crippen LogP contribution in [-0.2, 0) is 0 Å². The van der Waals surface area contributed by atoms with E-state index in [1.165, 1.54) is 0 Å². The van der Waals surface area contributed by atoms with Crippen molar-refractivity contribution in [2.24, 2.45) is 0 Å². The van der Waals surface area contributed by atoms with Crippen LogP contribution in [0.25, 0.3) is 11.1 Å². The Hall–Kier alpha value is -3.08. The lowest BCUT2D eigenvalue weighted by atomic mass is 10.0. The predicted molar refractivity (Wildman–Crippen MR) is 87.5 cm³/mol. The fourth-order valence-electron chi connectivity index (χ4n) is 2.33. The third kappa shape index (κ3) is 2.22. The minimum atomic E-state index is -0.636. The molecular weight excluding hydrogens is 280 g/mol. The minimum absolute atomic E-state index is 0.0207. The zero-order chi connectivity index (χ0) is 15.7.